The van der Waals surface area contributed by atoms with Crippen molar-refractivity contribution in [2.45, 2.75) is 0 Å². The van der Waals surface area contributed by atoms with Gasteiger partial charge in [-0.1, -0.05) is 23.8 Å². The monoisotopic (exact) mass is 394 g/mol. The number of carbonyl (C=O) groups excluding carboxylic acids is 2. The standard InChI is InChI=1S/C19H14N4O4S/c1-26-14-9-7-13(8-10-14)23-16(18(25)27-21-23)11-15-17(24)22(19(28)20-15)12-5-3-2-4-6-12/h2-11,21H,1H3. The normalized spacial score (nSPS) is 18.0. The Bertz CT molecular complexity index is 1020. The number of benzene rings is 2. The molecule has 2 aromatic carbocycles. The van der Waals surface area contributed by atoms with Gasteiger partial charge < -0.3 is 9.57 Å². The lowest BCUT2D eigenvalue weighted by molar-refractivity contribution is -0.140. The SMILES string of the molecule is COc1ccc(N2NOC(=O)C2=CC2=NC(=S)N(c3ccccc3)C2=O)cc1. The summed E-state index contributed by atoms with van der Waals surface area (Å²) in [5, 5.41) is 1.52. The number of amides is 1. The van der Waals surface area contributed by atoms with Crippen LogP contribution < -0.4 is 20.2 Å². The lowest BCUT2D eigenvalue weighted by Gasteiger charge is -2.16. The van der Waals surface area contributed by atoms with Gasteiger partial charge in [0.2, 0.25) is 5.11 Å². The van der Waals surface area contributed by atoms with E-state index in [1.54, 1.807) is 55.6 Å². The van der Waals surface area contributed by atoms with Gasteiger partial charge in [-0.15, -0.1) is 0 Å². The van der Waals surface area contributed by atoms with Crippen molar-refractivity contribution in [3.8, 4) is 5.75 Å². The molecule has 1 amide bonds. The van der Waals surface area contributed by atoms with E-state index < -0.39 is 11.9 Å². The van der Waals surface area contributed by atoms with Gasteiger partial charge in [0, 0.05) is 6.08 Å². The van der Waals surface area contributed by atoms with Crippen LogP contribution in [0.2, 0.25) is 0 Å². The first kappa shape index (κ1) is 17.8. The van der Waals surface area contributed by atoms with Gasteiger partial charge in [0.1, 0.15) is 11.5 Å². The number of nitrogens with one attached hydrogen (secondary N) is 1. The molecule has 8 nitrogen and oxygen atoms in total. The van der Waals surface area contributed by atoms with E-state index in [9.17, 15) is 9.59 Å². The van der Waals surface area contributed by atoms with E-state index in [0.717, 1.165) is 0 Å². The molecule has 2 heterocycles. The molecule has 28 heavy (non-hydrogen) atoms. The van der Waals surface area contributed by atoms with Crippen molar-refractivity contribution in [1.82, 2.24) is 5.59 Å². The summed E-state index contributed by atoms with van der Waals surface area (Å²) in [5.41, 5.74) is 3.89. The molecule has 1 saturated heterocycles. The molecule has 140 valence electrons. The molecule has 2 aliphatic heterocycles. The molecular formula is C19H14N4O4S. The van der Waals surface area contributed by atoms with E-state index in [1.165, 1.54) is 16.0 Å². The zero-order valence-corrected chi connectivity index (χ0v) is 15.5. The third-order valence-corrected chi connectivity index (χ3v) is 4.40. The lowest BCUT2D eigenvalue weighted by Crippen LogP contribution is -2.33. The van der Waals surface area contributed by atoms with Crippen molar-refractivity contribution in [2.24, 2.45) is 4.99 Å². The summed E-state index contributed by atoms with van der Waals surface area (Å²) in [6, 6.07) is 15.9. The maximum Gasteiger partial charge on any atom is 0.376 e. The number of methoxy groups -OCH3 is 1. The van der Waals surface area contributed by atoms with E-state index in [2.05, 4.69) is 10.6 Å². The van der Waals surface area contributed by atoms with Crippen LogP contribution in [0.4, 0.5) is 11.4 Å². The average molecular weight is 394 g/mol. The molecule has 2 aromatic rings. The Morgan fingerprint density at radius 1 is 1.07 bits per heavy atom. The largest absolute Gasteiger partial charge is 0.497 e. The molecule has 1 N–H and O–H groups in total. The average Bonchev–Trinajstić information content (AvgIpc) is 3.22. The fraction of sp³-hybridized carbons (Fsp3) is 0.0526. The van der Waals surface area contributed by atoms with Gasteiger partial charge >= 0.3 is 5.97 Å². The highest BCUT2D eigenvalue weighted by Gasteiger charge is 2.35. The summed E-state index contributed by atoms with van der Waals surface area (Å²) in [6.45, 7) is 0. The van der Waals surface area contributed by atoms with Gasteiger partial charge in [-0.05, 0) is 48.6 Å². The molecule has 0 bridgehead atoms. The number of anilines is 2. The highest BCUT2D eigenvalue weighted by atomic mass is 32.1. The number of hydrogen-bond acceptors (Lipinski definition) is 7. The van der Waals surface area contributed by atoms with Crippen LogP contribution in [-0.2, 0) is 14.4 Å². The maximum atomic E-state index is 12.8. The number of ether oxygens (including phenoxy) is 1. The Hall–Kier alpha value is -3.56. The van der Waals surface area contributed by atoms with Crippen LogP contribution in [0.15, 0.2) is 71.4 Å². The van der Waals surface area contributed by atoms with Crippen LogP contribution in [-0.4, -0.2) is 29.8 Å². The van der Waals surface area contributed by atoms with E-state index in [4.69, 9.17) is 21.8 Å². The van der Waals surface area contributed by atoms with Crippen LogP contribution in [0, 0.1) is 0 Å². The fourth-order valence-corrected chi connectivity index (χ4v) is 3.04. The molecule has 0 aromatic heterocycles. The lowest BCUT2D eigenvalue weighted by atomic mass is 10.2. The van der Waals surface area contributed by atoms with Crippen molar-refractivity contribution in [3.05, 3.63) is 66.4 Å². The molecule has 0 aliphatic carbocycles. The highest BCUT2D eigenvalue weighted by molar-refractivity contribution is 7.80. The van der Waals surface area contributed by atoms with E-state index >= 15 is 0 Å². The Labute approximate surface area is 165 Å². The number of para-hydroxylation sites is 1. The first-order valence-electron chi connectivity index (χ1n) is 8.23. The van der Waals surface area contributed by atoms with Gasteiger partial charge in [0.25, 0.3) is 5.91 Å². The summed E-state index contributed by atoms with van der Waals surface area (Å²) >= 11 is 5.23. The predicted octanol–water partition coefficient (Wildman–Crippen LogP) is 2.13. The maximum absolute atomic E-state index is 12.8. The number of rotatable bonds is 4. The number of nitrogens with zero attached hydrogens (tertiary/aromatic N) is 3. The molecule has 0 radical (unpaired) electrons. The number of thiocarbonyl (C=S) groups is 1. The molecule has 0 unspecified atom stereocenters. The minimum absolute atomic E-state index is 0.0445. The molecular weight excluding hydrogens is 380 g/mol. The van der Waals surface area contributed by atoms with Gasteiger partial charge in [0.05, 0.1) is 18.5 Å². The second-order valence-corrected chi connectivity index (χ2v) is 6.16. The van der Waals surface area contributed by atoms with Crippen molar-refractivity contribution < 1.29 is 19.2 Å². The van der Waals surface area contributed by atoms with Gasteiger partial charge in [-0.2, -0.15) is 0 Å². The Morgan fingerprint density at radius 2 is 1.79 bits per heavy atom. The molecule has 2 aliphatic rings. The topological polar surface area (TPSA) is 83.5 Å². The number of aliphatic imine (C=N–C) groups is 1. The molecule has 9 heteroatoms. The quantitative estimate of drug-likeness (QED) is 0.628. The molecule has 4 rings (SSSR count). The Balaban J connectivity index is 1.64. The summed E-state index contributed by atoms with van der Waals surface area (Å²) in [5.74, 6) is -0.395. The third kappa shape index (κ3) is 3.13. The van der Waals surface area contributed by atoms with E-state index in [1.807, 2.05) is 6.07 Å². The first-order valence-corrected chi connectivity index (χ1v) is 8.64. The summed E-state index contributed by atoms with van der Waals surface area (Å²) < 4.78 is 5.13. The highest BCUT2D eigenvalue weighted by Crippen LogP contribution is 2.26. The number of carbonyl (C=O) groups is 2. The second-order valence-electron chi connectivity index (χ2n) is 5.80. The van der Waals surface area contributed by atoms with Crippen molar-refractivity contribution >= 4 is 46.3 Å². The fourth-order valence-electron chi connectivity index (χ4n) is 2.76. The first-order chi connectivity index (χ1) is 13.6. The summed E-state index contributed by atoms with van der Waals surface area (Å²) in [7, 11) is 1.56. The molecule has 0 spiro atoms. The van der Waals surface area contributed by atoms with E-state index in [-0.39, 0.29) is 16.5 Å². The smallest absolute Gasteiger partial charge is 0.376 e. The van der Waals surface area contributed by atoms with Crippen molar-refractivity contribution in [1.29, 1.82) is 0 Å². The zero-order valence-electron chi connectivity index (χ0n) is 14.7. The Morgan fingerprint density at radius 3 is 2.46 bits per heavy atom. The Kier molecular flexibility index (Phi) is 4.60. The minimum atomic E-state index is -0.643. The van der Waals surface area contributed by atoms with Gasteiger partial charge in [-0.25, -0.2) is 19.7 Å². The van der Waals surface area contributed by atoms with Crippen LogP contribution in [0.5, 0.6) is 5.75 Å². The molecule has 0 atom stereocenters. The molecule has 0 saturated carbocycles. The van der Waals surface area contributed by atoms with Crippen molar-refractivity contribution in [3.63, 3.8) is 0 Å². The van der Waals surface area contributed by atoms with Crippen molar-refractivity contribution in [2.75, 3.05) is 17.0 Å². The van der Waals surface area contributed by atoms with Crippen LogP contribution >= 0.6 is 12.2 Å². The van der Waals surface area contributed by atoms with Crippen LogP contribution in [0.25, 0.3) is 0 Å². The van der Waals surface area contributed by atoms with Gasteiger partial charge in [0.15, 0.2) is 5.70 Å². The van der Waals surface area contributed by atoms with Gasteiger partial charge in [-0.3, -0.25) is 4.79 Å². The predicted molar refractivity (Wildman–Crippen MR) is 107 cm³/mol. The van der Waals surface area contributed by atoms with Crippen LogP contribution in [0.1, 0.15) is 0 Å². The number of hydrogen-bond donors (Lipinski definition) is 1. The molecule has 1 fully saturated rings. The van der Waals surface area contributed by atoms with E-state index in [0.29, 0.717) is 17.1 Å². The summed E-state index contributed by atoms with van der Waals surface area (Å²) in [6.07, 6.45) is 1.35. The minimum Gasteiger partial charge on any atom is -0.497 e. The number of hydrazine groups is 1. The summed E-state index contributed by atoms with van der Waals surface area (Å²) in [4.78, 5) is 35.3. The zero-order chi connectivity index (χ0) is 19.7. The third-order valence-electron chi connectivity index (χ3n) is 4.13. The van der Waals surface area contributed by atoms with Crippen LogP contribution in [0.3, 0.4) is 0 Å². The second kappa shape index (κ2) is 7.22.